The summed E-state index contributed by atoms with van der Waals surface area (Å²) in [6.45, 7) is 8.18. The van der Waals surface area contributed by atoms with Gasteiger partial charge in [0.25, 0.3) is 0 Å². The fourth-order valence-corrected chi connectivity index (χ4v) is 3.10. The average Bonchev–Trinajstić information content (AvgIpc) is 2.92. The van der Waals surface area contributed by atoms with Gasteiger partial charge >= 0.3 is 5.97 Å². The van der Waals surface area contributed by atoms with Crippen LogP contribution in [0, 0.1) is 5.41 Å². The number of carbonyl (C=O) groups is 1. The Balaban J connectivity index is 1.85. The van der Waals surface area contributed by atoms with Gasteiger partial charge in [-0.15, -0.1) is 0 Å². The monoisotopic (exact) mass is 291 g/mol. The second-order valence-electron chi connectivity index (χ2n) is 5.88. The first-order chi connectivity index (χ1) is 10.1. The van der Waals surface area contributed by atoms with Crippen molar-refractivity contribution < 1.29 is 14.6 Å². The minimum atomic E-state index is -0.942. The Morgan fingerprint density at radius 1 is 1.33 bits per heavy atom. The lowest BCUT2D eigenvalue weighted by Crippen LogP contribution is -2.29. The third-order valence-corrected chi connectivity index (χ3v) is 4.80. The zero-order valence-electron chi connectivity index (χ0n) is 13.0. The summed E-state index contributed by atoms with van der Waals surface area (Å²) in [4.78, 5) is 13.5. The normalized spacial score (nSPS) is 17.8. The Morgan fingerprint density at radius 3 is 2.67 bits per heavy atom. The molecule has 1 aliphatic heterocycles. The average molecular weight is 291 g/mol. The minimum absolute atomic E-state index is 0.232. The van der Waals surface area contributed by atoms with Crippen molar-refractivity contribution in [2.24, 2.45) is 5.41 Å². The molecule has 0 bridgehead atoms. The summed E-state index contributed by atoms with van der Waals surface area (Å²) in [5.41, 5.74) is 0.703. The van der Waals surface area contributed by atoms with Crippen LogP contribution < -0.4 is 4.74 Å². The molecule has 0 unspecified atom stereocenters. The zero-order valence-corrected chi connectivity index (χ0v) is 13.0. The third kappa shape index (κ3) is 3.76. The second kappa shape index (κ2) is 6.94. The number of likely N-dealkylation sites (tertiary alicyclic amines) is 1. The highest BCUT2D eigenvalue weighted by Crippen LogP contribution is 2.36. The lowest BCUT2D eigenvalue weighted by Gasteiger charge is -2.26. The predicted octanol–water partition coefficient (Wildman–Crippen LogP) is 3.28. The molecule has 1 heterocycles. The minimum Gasteiger partial charge on any atom is -0.491 e. The van der Waals surface area contributed by atoms with E-state index in [2.05, 4.69) is 18.7 Å². The standard InChI is InChI=1S/C17H25NO3/c1-3-17(4-2)9-10-18(13-17)11-12-21-15-8-6-5-7-14(15)16(19)20/h5-8H,3-4,9-13H2,1-2H3,(H,19,20). The van der Waals surface area contributed by atoms with Crippen molar-refractivity contribution in [3.05, 3.63) is 29.8 Å². The SMILES string of the molecule is CCC1(CC)CCN(CCOc2ccccc2C(=O)O)C1. The van der Waals surface area contributed by atoms with Crippen molar-refractivity contribution >= 4 is 5.97 Å². The molecule has 21 heavy (non-hydrogen) atoms. The molecule has 116 valence electrons. The number of aromatic carboxylic acids is 1. The third-order valence-electron chi connectivity index (χ3n) is 4.80. The van der Waals surface area contributed by atoms with Gasteiger partial charge in [-0.3, -0.25) is 4.90 Å². The molecule has 4 heteroatoms. The van der Waals surface area contributed by atoms with Crippen LogP contribution >= 0.6 is 0 Å². The van der Waals surface area contributed by atoms with Gasteiger partial charge in [-0.05, 0) is 43.4 Å². The number of carboxylic acid groups (broad SMARTS) is 1. The van der Waals surface area contributed by atoms with E-state index < -0.39 is 5.97 Å². The number of rotatable bonds is 7. The number of nitrogens with zero attached hydrogens (tertiary/aromatic N) is 1. The Hall–Kier alpha value is -1.55. The highest BCUT2D eigenvalue weighted by atomic mass is 16.5. The quantitative estimate of drug-likeness (QED) is 0.837. The van der Waals surface area contributed by atoms with Crippen LogP contribution in [0.4, 0.5) is 0 Å². The highest BCUT2D eigenvalue weighted by Gasteiger charge is 2.34. The Labute approximate surface area is 126 Å². The van der Waals surface area contributed by atoms with Crippen molar-refractivity contribution in [3.63, 3.8) is 0 Å². The molecular formula is C17H25NO3. The maximum absolute atomic E-state index is 11.1. The van der Waals surface area contributed by atoms with Crippen LogP contribution in [0.2, 0.25) is 0 Å². The first-order valence-electron chi connectivity index (χ1n) is 7.77. The number of para-hydroxylation sites is 1. The van der Waals surface area contributed by atoms with E-state index in [-0.39, 0.29) is 5.56 Å². The van der Waals surface area contributed by atoms with E-state index >= 15 is 0 Å². The van der Waals surface area contributed by atoms with Crippen LogP contribution in [-0.2, 0) is 0 Å². The van der Waals surface area contributed by atoms with Gasteiger partial charge in [0, 0.05) is 13.1 Å². The summed E-state index contributed by atoms with van der Waals surface area (Å²) >= 11 is 0. The topological polar surface area (TPSA) is 49.8 Å². The second-order valence-corrected chi connectivity index (χ2v) is 5.88. The van der Waals surface area contributed by atoms with E-state index in [4.69, 9.17) is 9.84 Å². The molecule has 1 fully saturated rings. The lowest BCUT2D eigenvalue weighted by atomic mass is 9.82. The van der Waals surface area contributed by atoms with E-state index in [9.17, 15) is 4.79 Å². The molecule has 0 amide bonds. The number of benzene rings is 1. The molecular weight excluding hydrogens is 266 g/mol. The number of hydrogen-bond acceptors (Lipinski definition) is 3. The first-order valence-corrected chi connectivity index (χ1v) is 7.77. The van der Waals surface area contributed by atoms with Crippen LogP contribution in [-0.4, -0.2) is 42.2 Å². The van der Waals surface area contributed by atoms with Crippen molar-refractivity contribution in [1.82, 2.24) is 4.90 Å². The predicted molar refractivity (Wildman–Crippen MR) is 83.0 cm³/mol. The molecule has 4 nitrogen and oxygen atoms in total. The van der Waals surface area contributed by atoms with Gasteiger partial charge in [0.2, 0.25) is 0 Å². The summed E-state index contributed by atoms with van der Waals surface area (Å²) in [6.07, 6.45) is 3.71. The van der Waals surface area contributed by atoms with Crippen molar-refractivity contribution in [1.29, 1.82) is 0 Å². The molecule has 0 spiro atoms. The van der Waals surface area contributed by atoms with Gasteiger partial charge in [0.05, 0.1) is 0 Å². The molecule has 1 N–H and O–H groups in total. The van der Waals surface area contributed by atoms with Gasteiger partial charge in [0.1, 0.15) is 17.9 Å². The summed E-state index contributed by atoms with van der Waals surface area (Å²) in [6, 6.07) is 6.81. The number of hydrogen-bond donors (Lipinski definition) is 1. The maximum atomic E-state index is 11.1. The Bertz CT molecular complexity index is 483. The molecule has 2 rings (SSSR count). The fourth-order valence-electron chi connectivity index (χ4n) is 3.10. The lowest BCUT2D eigenvalue weighted by molar-refractivity contribution is 0.0691. The van der Waals surface area contributed by atoms with E-state index in [1.165, 1.54) is 19.3 Å². The molecule has 0 saturated carbocycles. The van der Waals surface area contributed by atoms with Gasteiger partial charge < -0.3 is 9.84 Å². The van der Waals surface area contributed by atoms with Crippen molar-refractivity contribution in [2.45, 2.75) is 33.1 Å². The van der Waals surface area contributed by atoms with Gasteiger partial charge in [-0.25, -0.2) is 4.79 Å². The largest absolute Gasteiger partial charge is 0.491 e. The number of carboxylic acids is 1. The maximum Gasteiger partial charge on any atom is 0.339 e. The summed E-state index contributed by atoms with van der Waals surface area (Å²) in [7, 11) is 0. The highest BCUT2D eigenvalue weighted by molar-refractivity contribution is 5.90. The van der Waals surface area contributed by atoms with Gasteiger partial charge in [-0.1, -0.05) is 26.0 Å². The number of ether oxygens (including phenoxy) is 1. The van der Waals surface area contributed by atoms with Crippen LogP contribution in [0.25, 0.3) is 0 Å². The summed E-state index contributed by atoms with van der Waals surface area (Å²) in [5, 5.41) is 9.12. The first kappa shape index (κ1) is 15.8. The molecule has 0 radical (unpaired) electrons. The molecule has 0 atom stereocenters. The molecule has 0 aromatic heterocycles. The fraction of sp³-hybridized carbons (Fsp3) is 0.588. The van der Waals surface area contributed by atoms with Crippen molar-refractivity contribution in [3.8, 4) is 5.75 Å². The smallest absolute Gasteiger partial charge is 0.339 e. The van der Waals surface area contributed by atoms with Gasteiger partial charge in [-0.2, -0.15) is 0 Å². The van der Waals surface area contributed by atoms with E-state index in [0.717, 1.165) is 19.6 Å². The summed E-state index contributed by atoms with van der Waals surface area (Å²) < 4.78 is 5.67. The van der Waals surface area contributed by atoms with Crippen LogP contribution in [0.15, 0.2) is 24.3 Å². The van der Waals surface area contributed by atoms with Gasteiger partial charge in [0.15, 0.2) is 0 Å². The molecule has 1 saturated heterocycles. The Kier molecular flexibility index (Phi) is 5.23. The molecule has 1 aromatic rings. The van der Waals surface area contributed by atoms with E-state index in [0.29, 0.717) is 17.8 Å². The molecule has 1 aromatic carbocycles. The Morgan fingerprint density at radius 2 is 2.05 bits per heavy atom. The van der Waals surface area contributed by atoms with E-state index in [1.54, 1.807) is 24.3 Å². The molecule has 1 aliphatic rings. The van der Waals surface area contributed by atoms with Crippen molar-refractivity contribution in [2.75, 3.05) is 26.2 Å². The van der Waals surface area contributed by atoms with E-state index in [1.807, 2.05) is 0 Å². The van der Waals surface area contributed by atoms with Crippen LogP contribution in [0.3, 0.4) is 0 Å². The van der Waals surface area contributed by atoms with Crippen LogP contribution in [0.5, 0.6) is 5.75 Å². The summed E-state index contributed by atoms with van der Waals surface area (Å²) in [5.74, 6) is -0.482. The van der Waals surface area contributed by atoms with Crippen LogP contribution in [0.1, 0.15) is 43.5 Å². The molecule has 0 aliphatic carbocycles. The zero-order chi connectivity index (χ0) is 15.3.